The molecule has 0 aromatic heterocycles. The number of rotatable bonds is 7. The molecule has 1 N–H and O–H groups in total. The van der Waals surface area contributed by atoms with Crippen molar-refractivity contribution in [2.24, 2.45) is 0 Å². The van der Waals surface area contributed by atoms with Crippen molar-refractivity contribution in [3.05, 3.63) is 95.6 Å². The molecule has 0 aliphatic rings. The van der Waals surface area contributed by atoms with Gasteiger partial charge in [-0.25, -0.2) is 0 Å². The van der Waals surface area contributed by atoms with Crippen molar-refractivity contribution < 1.29 is 19.1 Å². The van der Waals surface area contributed by atoms with E-state index in [0.717, 1.165) is 11.1 Å². The lowest BCUT2D eigenvalue weighted by atomic mass is 10.1. The van der Waals surface area contributed by atoms with E-state index in [1.54, 1.807) is 12.1 Å². The number of hydrogen-bond donors (Lipinski definition) is 1. The van der Waals surface area contributed by atoms with Crippen molar-refractivity contribution >= 4 is 11.9 Å². The lowest BCUT2D eigenvalue weighted by Gasteiger charge is -2.12. The first-order chi connectivity index (χ1) is 13.6. The van der Waals surface area contributed by atoms with E-state index in [1.807, 2.05) is 73.7 Å². The maximum Gasteiger partial charge on any atom is 0.325 e. The van der Waals surface area contributed by atoms with Gasteiger partial charge in [0.2, 0.25) is 0 Å². The zero-order chi connectivity index (χ0) is 19.8. The SMILES string of the molecule is Cc1ccc(C(=O)NCC(=O)OCc2ccccc2Oc2ccccc2)cc1. The van der Waals surface area contributed by atoms with E-state index in [1.165, 1.54) is 0 Å². The van der Waals surface area contributed by atoms with Crippen LogP contribution in [0.1, 0.15) is 21.5 Å². The largest absolute Gasteiger partial charge is 0.459 e. The molecule has 0 radical (unpaired) electrons. The molecule has 1 amide bonds. The quantitative estimate of drug-likeness (QED) is 0.627. The molecule has 3 aromatic rings. The predicted octanol–water partition coefficient (Wildman–Crippen LogP) is 4.26. The minimum Gasteiger partial charge on any atom is -0.459 e. The Balaban J connectivity index is 1.52. The summed E-state index contributed by atoms with van der Waals surface area (Å²) >= 11 is 0. The zero-order valence-electron chi connectivity index (χ0n) is 15.6. The van der Waals surface area contributed by atoms with Crippen molar-refractivity contribution in [1.29, 1.82) is 0 Å². The van der Waals surface area contributed by atoms with Crippen LogP contribution in [0.15, 0.2) is 78.9 Å². The van der Waals surface area contributed by atoms with Crippen LogP contribution < -0.4 is 10.1 Å². The second-order valence-corrected chi connectivity index (χ2v) is 6.23. The van der Waals surface area contributed by atoms with Gasteiger partial charge in [0.25, 0.3) is 5.91 Å². The van der Waals surface area contributed by atoms with Crippen LogP contribution in [0.5, 0.6) is 11.5 Å². The summed E-state index contributed by atoms with van der Waals surface area (Å²) in [5.74, 6) is 0.483. The Morgan fingerprint density at radius 2 is 1.54 bits per heavy atom. The molecule has 0 fully saturated rings. The Labute approximate surface area is 163 Å². The maximum atomic E-state index is 12.1. The van der Waals surface area contributed by atoms with E-state index in [-0.39, 0.29) is 19.1 Å². The van der Waals surface area contributed by atoms with Gasteiger partial charge in [0.05, 0.1) is 0 Å². The highest BCUT2D eigenvalue weighted by Crippen LogP contribution is 2.25. The van der Waals surface area contributed by atoms with Gasteiger partial charge in [0.1, 0.15) is 24.7 Å². The molecule has 3 rings (SSSR count). The number of hydrogen-bond acceptors (Lipinski definition) is 4. The van der Waals surface area contributed by atoms with E-state index in [9.17, 15) is 9.59 Å². The molecule has 0 spiro atoms. The Hall–Kier alpha value is -3.60. The summed E-state index contributed by atoms with van der Waals surface area (Å²) in [6, 6.07) is 23.8. The Kier molecular flexibility index (Phi) is 6.41. The summed E-state index contributed by atoms with van der Waals surface area (Å²) in [5, 5.41) is 2.56. The number of carbonyl (C=O) groups is 2. The van der Waals surface area contributed by atoms with Crippen molar-refractivity contribution in [2.75, 3.05) is 6.54 Å². The number of aryl methyl sites for hydroxylation is 1. The van der Waals surface area contributed by atoms with Crippen LogP contribution in [0, 0.1) is 6.92 Å². The number of carbonyl (C=O) groups excluding carboxylic acids is 2. The number of para-hydroxylation sites is 2. The van der Waals surface area contributed by atoms with Gasteiger partial charge in [-0.3, -0.25) is 9.59 Å². The number of ether oxygens (including phenoxy) is 2. The van der Waals surface area contributed by atoms with Crippen molar-refractivity contribution in [1.82, 2.24) is 5.32 Å². The van der Waals surface area contributed by atoms with Gasteiger partial charge in [-0.2, -0.15) is 0 Å². The summed E-state index contributed by atoms with van der Waals surface area (Å²) in [7, 11) is 0. The van der Waals surface area contributed by atoms with Crippen LogP contribution in [0.2, 0.25) is 0 Å². The minimum atomic E-state index is -0.519. The van der Waals surface area contributed by atoms with E-state index < -0.39 is 5.97 Å². The monoisotopic (exact) mass is 375 g/mol. The Morgan fingerprint density at radius 3 is 2.29 bits per heavy atom. The summed E-state index contributed by atoms with van der Waals surface area (Å²) in [4.78, 5) is 24.1. The fourth-order valence-corrected chi connectivity index (χ4v) is 2.51. The van der Waals surface area contributed by atoms with Crippen LogP contribution in [0.4, 0.5) is 0 Å². The molecule has 5 nitrogen and oxygen atoms in total. The van der Waals surface area contributed by atoms with Crippen molar-refractivity contribution in [2.45, 2.75) is 13.5 Å². The average Bonchev–Trinajstić information content (AvgIpc) is 2.72. The molecule has 0 unspecified atom stereocenters. The normalized spacial score (nSPS) is 10.2. The molecule has 142 valence electrons. The molecular weight excluding hydrogens is 354 g/mol. The molecule has 5 heteroatoms. The van der Waals surface area contributed by atoms with Gasteiger partial charge in [0.15, 0.2) is 0 Å². The molecule has 0 saturated heterocycles. The van der Waals surface area contributed by atoms with Crippen LogP contribution >= 0.6 is 0 Å². The first-order valence-corrected chi connectivity index (χ1v) is 8.93. The van der Waals surface area contributed by atoms with Crippen LogP contribution in [0.3, 0.4) is 0 Å². The van der Waals surface area contributed by atoms with Crippen LogP contribution in [-0.2, 0) is 16.1 Å². The minimum absolute atomic E-state index is 0.0578. The second kappa shape index (κ2) is 9.37. The predicted molar refractivity (Wildman–Crippen MR) is 106 cm³/mol. The second-order valence-electron chi connectivity index (χ2n) is 6.23. The highest BCUT2D eigenvalue weighted by atomic mass is 16.5. The van der Waals surface area contributed by atoms with Gasteiger partial charge in [-0.05, 0) is 37.3 Å². The number of benzene rings is 3. The van der Waals surface area contributed by atoms with Crippen molar-refractivity contribution in [3.8, 4) is 11.5 Å². The highest BCUT2D eigenvalue weighted by Gasteiger charge is 2.11. The van der Waals surface area contributed by atoms with E-state index in [0.29, 0.717) is 17.1 Å². The van der Waals surface area contributed by atoms with Crippen LogP contribution in [0.25, 0.3) is 0 Å². The molecule has 0 bridgehead atoms. The molecular formula is C23H21NO4. The highest BCUT2D eigenvalue weighted by molar-refractivity contribution is 5.95. The Bertz CT molecular complexity index is 936. The zero-order valence-corrected chi connectivity index (χ0v) is 15.6. The van der Waals surface area contributed by atoms with Crippen molar-refractivity contribution in [3.63, 3.8) is 0 Å². The van der Waals surface area contributed by atoms with E-state index >= 15 is 0 Å². The average molecular weight is 375 g/mol. The van der Waals surface area contributed by atoms with Gasteiger partial charge in [-0.1, -0.05) is 54.1 Å². The fraction of sp³-hybridized carbons (Fsp3) is 0.130. The number of amides is 1. The number of nitrogens with one attached hydrogen (secondary N) is 1. The van der Waals surface area contributed by atoms with Crippen LogP contribution in [-0.4, -0.2) is 18.4 Å². The molecule has 0 aliphatic heterocycles. The standard InChI is InChI=1S/C23H21NO4/c1-17-11-13-18(14-12-17)23(26)24-15-22(25)27-16-19-7-5-6-10-21(19)28-20-8-3-2-4-9-20/h2-14H,15-16H2,1H3,(H,24,26). The third kappa shape index (κ3) is 5.45. The van der Waals surface area contributed by atoms with Gasteiger partial charge >= 0.3 is 5.97 Å². The van der Waals surface area contributed by atoms with Gasteiger partial charge < -0.3 is 14.8 Å². The molecule has 0 atom stereocenters. The first-order valence-electron chi connectivity index (χ1n) is 8.93. The molecule has 0 saturated carbocycles. The molecule has 28 heavy (non-hydrogen) atoms. The number of esters is 1. The summed E-state index contributed by atoms with van der Waals surface area (Å²) in [6.45, 7) is 1.80. The molecule has 0 aliphatic carbocycles. The first kappa shape index (κ1) is 19.2. The van der Waals surface area contributed by atoms with Gasteiger partial charge in [0, 0.05) is 11.1 Å². The Morgan fingerprint density at radius 1 is 0.857 bits per heavy atom. The molecule has 3 aromatic carbocycles. The lowest BCUT2D eigenvalue weighted by Crippen LogP contribution is -2.30. The lowest BCUT2D eigenvalue weighted by molar-refractivity contribution is -0.143. The third-order valence-corrected chi connectivity index (χ3v) is 4.04. The van der Waals surface area contributed by atoms with E-state index in [2.05, 4.69) is 5.32 Å². The summed E-state index contributed by atoms with van der Waals surface area (Å²) < 4.78 is 11.1. The van der Waals surface area contributed by atoms with E-state index in [4.69, 9.17) is 9.47 Å². The fourth-order valence-electron chi connectivity index (χ4n) is 2.51. The van der Waals surface area contributed by atoms with Gasteiger partial charge in [-0.15, -0.1) is 0 Å². The topological polar surface area (TPSA) is 64.6 Å². The third-order valence-electron chi connectivity index (χ3n) is 4.04. The maximum absolute atomic E-state index is 12.1. The summed E-state index contributed by atoms with van der Waals surface area (Å²) in [6.07, 6.45) is 0. The summed E-state index contributed by atoms with van der Waals surface area (Å²) in [5.41, 5.74) is 2.30. The smallest absolute Gasteiger partial charge is 0.325 e. The molecule has 0 heterocycles.